The molecule has 0 radical (unpaired) electrons. The number of nitrogens with one attached hydrogen (secondary N) is 1. The van der Waals surface area contributed by atoms with E-state index in [1.54, 1.807) is 36.8 Å². The smallest absolute Gasteiger partial charge is 0.349 e. The number of nitrogens with zero attached hydrogens (tertiary/aromatic N) is 5. The number of carboxylic acids is 1. The number of carbonyl (C=O) groups excluding carboxylic acids is 4. The number of aromatic carboxylic acids is 1. The van der Waals surface area contributed by atoms with Crippen molar-refractivity contribution in [1.29, 1.82) is 0 Å². The highest BCUT2D eigenvalue weighted by atomic mass is 35.5. The summed E-state index contributed by atoms with van der Waals surface area (Å²) in [7, 11) is -1.87. The zero-order valence-corrected chi connectivity index (χ0v) is 30.5. The molecule has 0 bridgehead atoms. The third-order valence-electron chi connectivity index (χ3n) is 7.51. The van der Waals surface area contributed by atoms with E-state index in [1.807, 2.05) is 0 Å². The summed E-state index contributed by atoms with van der Waals surface area (Å²) in [6.07, 6.45) is 4.45. The predicted octanol–water partition coefficient (Wildman–Crippen LogP) is 4.65. The Morgan fingerprint density at radius 1 is 1.04 bits per heavy atom. The number of imide groups is 1. The van der Waals surface area contributed by atoms with Crippen molar-refractivity contribution in [2.45, 2.75) is 44.4 Å². The topological polar surface area (TPSA) is 215 Å². The summed E-state index contributed by atoms with van der Waals surface area (Å²) in [6, 6.07) is 8.51. The molecule has 274 valence electrons. The minimum Gasteiger partial charge on any atom is -0.478 e. The van der Waals surface area contributed by atoms with Crippen molar-refractivity contribution in [2.75, 3.05) is 30.6 Å². The number of urea groups is 1. The Morgan fingerprint density at radius 2 is 1.67 bits per heavy atom. The lowest BCUT2D eigenvalue weighted by atomic mass is 9.93. The van der Waals surface area contributed by atoms with E-state index >= 15 is 0 Å². The van der Waals surface area contributed by atoms with Crippen LogP contribution in [0, 0.1) is 6.92 Å². The van der Waals surface area contributed by atoms with Gasteiger partial charge in [0.1, 0.15) is 15.8 Å². The quantitative estimate of drug-likeness (QED) is 0.172. The molecule has 1 aliphatic heterocycles. The van der Waals surface area contributed by atoms with Crippen LogP contribution in [0.15, 0.2) is 63.5 Å². The van der Waals surface area contributed by atoms with Crippen molar-refractivity contribution in [2.24, 2.45) is 0 Å². The zero-order valence-electron chi connectivity index (χ0n) is 28.2. The van der Waals surface area contributed by atoms with Crippen LogP contribution >= 0.6 is 23.2 Å². The first-order valence-corrected chi connectivity index (χ1v) is 17.7. The lowest BCUT2D eigenvalue weighted by Gasteiger charge is -2.17. The van der Waals surface area contributed by atoms with Crippen LogP contribution < -0.4 is 19.3 Å². The van der Waals surface area contributed by atoms with Gasteiger partial charge in [0.15, 0.2) is 0 Å². The number of carbonyl (C=O) groups is 5. The van der Waals surface area contributed by atoms with E-state index in [0.717, 1.165) is 29.9 Å². The van der Waals surface area contributed by atoms with Crippen LogP contribution in [0.3, 0.4) is 0 Å². The molecule has 19 heteroatoms. The molecule has 0 fully saturated rings. The molecule has 0 unspecified atom stereocenters. The highest BCUT2D eigenvalue weighted by Gasteiger charge is 2.39. The molecule has 1 aliphatic carbocycles. The highest BCUT2D eigenvalue weighted by molar-refractivity contribution is 7.90. The molecule has 3 aromatic rings. The minimum atomic E-state index is -4.44. The molecule has 52 heavy (non-hydrogen) atoms. The Bertz CT molecular complexity index is 2100. The van der Waals surface area contributed by atoms with Gasteiger partial charge in [-0.2, -0.15) is 15.0 Å². The zero-order chi connectivity index (χ0) is 38.3. The van der Waals surface area contributed by atoms with Crippen LogP contribution in [0.5, 0.6) is 6.01 Å². The fraction of sp³-hybridized carbons (Fsp3) is 0.273. The molecule has 2 N–H and O–H groups in total. The maximum Gasteiger partial charge on any atom is 0.349 e. The fourth-order valence-corrected chi connectivity index (χ4v) is 6.57. The molecule has 0 spiro atoms. The van der Waals surface area contributed by atoms with Gasteiger partial charge < -0.3 is 14.6 Å². The molecule has 2 heterocycles. The summed E-state index contributed by atoms with van der Waals surface area (Å²) >= 11 is 12.1. The Balaban J connectivity index is 0.000000233. The number of benzene rings is 2. The second-order valence-electron chi connectivity index (χ2n) is 11.0. The average Bonchev–Trinajstić information content (AvgIpc) is 3.37. The van der Waals surface area contributed by atoms with Crippen molar-refractivity contribution >= 4 is 80.7 Å². The fourth-order valence-electron chi connectivity index (χ4n) is 5.04. The van der Waals surface area contributed by atoms with Gasteiger partial charge in [-0.05, 0) is 81.5 Å². The molecule has 0 atom stereocenters. The molecule has 16 nitrogen and oxygen atoms in total. The number of halogens is 2. The van der Waals surface area contributed by atoms with Crippen LogP contribution in [-0.2, 0) is 29.1 Å². The van der Waals surface area contributed by atoms with Gasteiger partial charge >= 0.3 is 24.0 Å². The van der Waals surface area contributed by atoms with Crippen molar-refractivity contribution in [3.63, 3.8) is 0 Å². The summed E-state index contributed by atoms with van der Waals surface area (Å²) in [4.78, 5) is 73.6. The van der Waals surface area contributed by atoms with E-state index in [1.165, 1.54) is 37.3 Å². The van der Waals surface area contributed by atoms with Gasteiger partial charge in [0.05, 0.1) is 25.0 Å². The van der Waals surface area contributed by atoms with Crippen LogP contribution in [-0.4, -0.2) is 79.0 Å². The van der Waals surface area contributed by atoms with Gasteiger partial charge in [-0.1, -0.05) is 35.3 Å². The number of aromatic nitrogens is 3. The number of ether oxygens (including phenoxy) is 2. The van der Waals surface area contributed by atoms with Crippen molar-refractivity contribution in [3.05, 3.63) is 80.6 Å². The first kappa shape index (κ1) is 39.4. The number of rotatable bonds is 9. The normalized spacial score (nSPS) is 14.3. The second-order valence-corrected chi connectivity index (χ2v) is 13.4. The Hall–Kier alpha value is -5.39. The summed E-state index contributed by atoms with van der Waals surface area (Å²) in [5.74, 6) is -2.55. The number of methoxy groups -OCH3 is 1. The number of hydrogen-bond acceptors (Lipinski definition) is 12. The van der Waals surface area contributed by atoms with E-state index in [9.17, 15) is 32.4 Å². The van der Waals surface area contributed by atoms with E-state index in [0.29, 0.717) is 40.3 Å². The van der Waals surface area contributed by atoms with Crippen LogP contribution in [0.1, 0.15) is 54.4 Å². The lowest BCUT2D eigenvalue weighted by molar-refractivity contribution is -0.137. The van der Waals surface area contributed by atoms with Gasteiger partial charge in [-0.3, -0.25) is 14.5 Å². The minimum absolute atomic E-state index is 0.0498. The SMILES string of the molecule is CCOC(=O)/C(Cl)=C/c1cc(N2C(=O)C3=C(CCCC3)C2=O)ccc1Cl.COc1nc(C)nc(N(C)C(=O)NS(=O)(=O)c2ccccc2C(=O)O)n1. The standard InChI is InChI=1S/C19H17Cl2NO4.C14H15N5O6S/c1-2-26-19(25)16(21)10-11-9-12(7-8-15(11)20)22-17(23)13-5-3-4-6-14(13)18(22)24;1-8-15-12(17-13(16-8)25-3)19(2)14(22)18-26(23,24)10-7-5-4-6-9(10)11(20)21/h7-10H,2-6H2,1H3;4-7H,1-3H3,(H,18,22)(H,20,21)/b16-10-;. The Kier molecular flexibility index (Phi) is 12.7. The number of aryl methyl sites for hydroxylation is 1. The van der Waals surface area contributed by atoms with Gasteiger partial charge in [0, 0.05) is 23.2 Å². The maximum absolute atomic E-state index is 12.7. The van der Waals surface area contributed by atoms with Gasteiger partial charge in [-0.25, -0.2) is 32.4 Å². The molecule has 0 saturated heterocycles. The predicted molar refractivity (Wildman–Crippen MR) is 189 cm³/mol. The van der Waals surface area contributed by atoms with E-state index in [2.05, 4.69) is 15.0 Å². The largest absolute Gasteiger partial charge is 0.478 e. The van der Waals surface area contributed by atoms with E-state index < -0.39 is 38.5 Å². The molecule has 2 aromatic carbocycles. The molecule has 0 saturated carbocycles. The number of hydrogen-bond donors (Lipinski definition) is 2. The molecular weight excluding hydrogens is 743 g/mol. The molecule has 1 aromatic heterocycles. The lowest BCUT2D eigenvalue weighted by Crippen LogP contribution is -2.42. The second kappa shape index (κ2) is 16.8. The number of carboxylic acid groups (broad SMARTS) is 1. The average molecular weight is 776 g/mol. The number of esters is 1. The summed E-state index contributed by atoms with van der Waals surface area (Å²) in [5.41, 5.74) is 1.58. The van der Waals surface area contributed by atoms with Gasteiger partial charge in [0.25, 0.3) is 21.8 Å². The summed E-state index contributed by atoms with van der Waals surface area (Å²) in [5, 5.41) is 9.31. The van der Waals surface area contributed by atoms with Crippen LogP contribution in [0.4, 0.5) is 16.4 Å². The number of sulfonamides is 1. The third-order valence-corrected chi connectivity index (χ3v) is 9.50. The highest BCUT2D eigenvalue weighted by Crippen LogP contribution is 2.37. The van der Waals surface area contributed by atoms with Crippen molar-refractivity contribution < 1.29 is 47.0 Å². The van der Waals surface area contributed by atoms with E-state index in [-0.39, 0.29) is 41.2 Å². The van der Waals surface area contributed by atoms with E-state index in [4.69, 9.17) is 37.8 Å². The van der Waals surface area contributed by atoms with Crippen molar-refractivity contribution in [3.8, 4) is 6.01 Å². The Labute approximate surface area is 308 Å². The van der Waals surface area contributed by atoms with Gasteiger partial charge in [-0.15, -0.1) is 0 Å². The van der Waals surface area contributed by atoms with Crippen LogP contribution in [0.25, 0.3) is 6.08 Å². The van der Waals surface area contributed by atoms with Crippen molar-refractivity contribution in [1.82, 2.24) is 19.7 Å². The first-order valence-electron chi connectivity index (χ1n) is 15.4. The Morgan fingerprint density at radius 3 is 2.27 bits per heavy atom. The maximum atomic E-state index is 12.7. The van der Waals surface area contributed by atoms with Gasteiger partial charge in [0.2, 0.25) is 5.95 Å². The number of amides is 4. The summed E-state index contributed by atoms with van der Waals surface area (Å²) < 4.78 is 36.3. The molecule has 2 aliphatic rings. The number of anilines is 2. The monoisotopic (exact) mass is 774 g/mol. The summed E-state index contributed by atoms with van der Waals surface area (Å²) in [6.45, 7) is 3.42. The first-order chi connectivity index (χ1) is 24.6. The van der Waals surface area contributed by atoms with Crippen LogP contribution in [0.2, 0.25) is 5.02 Å². The molecule has 4 amide bonds. The third kappa shape index (κ3) is 8.90. The molecular formula is C33H32Cl2N6O10S. The molecule has 5 rings (SSSR count).